The van der Waals surface area contributed by atoms with Crippen LogP contribution in [0.25, 0.3) is 10.8 Å². The maximum atomic E-state index is 5.53. The van der Waals surface area contributed by atoms with Crippen molar-refractivity contribution in [3.8, 4) is 5.75 Å². The fourth-order valence-electron chi connectivity index (χ4n) is 2.73. The van der Waals surface area contributed by atoms with Gasteiger partial charge in [0.2, 0.25) is 0 Å². The van der Waals surface area contributed by atoms with Crippen LogP contribution in [0.4, 0.5) is 0 Å². The van der Waals surface area contributed by atoms with Crippen LogP contribution >= 0.6 is 0 Å². The van der Waals surface area contributed by atoms with E-state index >= 15 is 0 Å². The lowest BCUT2D eigenvalue weighted by atomic mass is 10.0. The van der Waals surface area contributed by atoms with E-state index in [1.165, 1.54) is 10.8 Å². The van der Waals surface area contributed by atoms with Gasteiger partial charge < -0.3 is 10.1 Å². The molecule has 0 aliphatic carbocycles. The predicted octanol–water partition coefficient (Wildman–Crippen LogP) is 2.83. The highest BCUT2D eigenvalue weighted by Crippen LogP contribution is 2.28. The topological polar surface area (TPSA) is 52.0 Å². The molecule has 1 unspecified atom stereocenters. The van der Waals surface area contributed by atoms with Crippen molar-refractivity contribution in [3.05, 3.63) is 54.1 Å². The zero-order chi connectivity index (χ0) is 15.5. The van der Waals surface area contributed by atoms with Crippen LogP contribution < -0.4 is 10.1 Å². The maximum Gasteiger partial charge on any atom is 0.143 e. The molecule has 22 heavy (non-hydrogen) atoms. The second-order valence-corrected chi connectivity index (χ2v) is 5.31. The molecule has 0 fully saturated rings. The predicted molar refractivity (Wildman–Crippen MR) is 86.8 cm³/mol. The molecule has 1 atom stereocenters. The molecule has 3 aromatic rings. The van der Waals surface area contributed by atoms with Gasteiger partial charge in [0.05, 0.1) is 13.2 Å². The standard InChI is InChI=1S/C17H20N4O/c1-12(17-19-11-20-21(17)2)18-10-15-14-7-5-4-6-13(14)8-9-16(15)22-3/h4-9,11-12,18H,10H2,1-3H3. The van der Waals surface area contributed by atoms with Gasteiger partial charge in [-0.15, -0.1) is 0 Å². The van der Waals surface area contributed by atoms with E-state index < -0.39 is 0 Å². The first-order chi connectivity index (χ1) is 10.7. The quantitative estimate of drug-likeness (QED) is 0.786. The number of fused-ring (bicyclic) bond motifs is 1. The molecule has 0 amide bonds. The van der Waals surface area contributed by atoms with E-state index in [1.807, 2.05) is 19.2 Å². The Hall–Kier alpha value is -2.40. The molecule has 0 spiro atoms. The number of rotatable bonds is 5. The van der Waals surface area contributed by atoms with Gasteiger partial charge in [-0.25, -0.2) is 4.98 Å². The second kappa shape index (κ2) is 6.15. The summed E-state index contributed by atoms with van der Waals surface area (Å²) in [4.78, 5) is 4.29. The second-order valence-electron chi connectivity index (χ2n) is 5.31. The molecule has 0 saturated heterocycles. The minimum Gasteiger partial charge on any atom is -0.496 e. The average molecular weight is 296 g/mol. The highest BCUT2D eigenvalue weighted by molar-refractivity contribution is 5.87. The van der Waals surface area contributed by atoms with Crippen LogP contribution in [0, 0.1) is 0 Å². The van der Waals surface area contributed by atoms with E-state index in [-0.39, 0.29) is 6.04 Å². The lowest BCUT2D eigenvalue weighted by molar-refractivity contribution is 0.406. The van der Waals surface area contributed by atoms with Crippen molar-refractivity contribution in [3.63, 3.8) is 0 Å². The summed E-state index contributed by atoms with van der Waals surface area (Å²) in [6.45, 7) is 2.79. The molecule has 0 aliphatic rings. The summed E-state index contributed by atoms with van der Waals surface area (Å²) in [6, 6.07) is 12.6. The summed E-state index contributed by atoms with van der Waals surface area (Å²) in [5, 5.41) is 10.0. The minimum absolute atomic E-state index is 0.108. The minimum atomic E-state index is 0.108. The first-order valence-electron chi connectivity index (χ1n) is 7.32. The zero-order valence-corrected chi connectivity index (χ0v) is 13.1. The maximum absolute atomic E-state index is 5.53. The molecule has 1 aromatic heterocycles. The van der Waals surface area contributed by atoms with Gasteiger partial charge in [-0.05, 0) is 23.8 Å². The Morgan fingerprint density at radius 3 is 2.77 bits per heavy atom. The molecule has 1 N–H and O–H groups in total. The van der Waals surface area contributed by atoms with Gasteiger partial charge in [0.1, 0.15) is 17.9 Å². The van der Waals surface area contributed by atoms with Gasteiger partial charge in [0.25, 0.3) is 0 Å². The van der Waals surface area contributed by atoms with Crippen LogP contribution in [-0.4, -0.2) is 21.9 Å². The summed E-state index contributed by atoms with van der Waals surface area (Å²) >= 11 is 0. The summed E-state index contributed by atoms with van der Waals surface area (Å²) in [6.07, 6.45) is 1.58. The zero-order valence-electron chi connectivity index (χ0n) is 13.1. The van der Waals surface area contributed by atoms with Gasteiger partial charge in [-0.3, -0.25) is 4.68 Å². The molecule has 1 heterocycles. The van der Waals surface area contributed by atoms with Crippen molar-refractivity contribution in [2.75, 3.05) is 7.11 Å². The smallest absolute Gasteiger partial charge is 0.143 e. The summed E-state index contributed by atoms with van der Waals surface area (Å²) in [5.74, 6) is 1.82. The third kappa shape index (κ3) is 2.67. The molecule has 0 saturated carbocycles. The lowest BCUT2D eigenvalue weighted by Crippen LogP contribution is -2.21. The van der Waals surface area contributed by atoms with E-state index in [1.54, 1.807) is 18.1 Å². The summed E-state index contributed by atoms with van der Waals surface area (Å²) in [5.41, 5.74) is 1.16. The number of methoxy groups -OCH3 is 1. The lowest BCUT2D eigenvalue weighted by Gasteiger charge is -2.16. The number of benzene rings is 2. The Bertz CT molecular complexity index is 781. The first kappa shape index (κ1) is 14.5. The Labute approximate surface area is 129 Å². The molecule has 0 radical (unpaired) electrons. The first-order valence-corrected chi connectivity index (χ1v) is 7.32. The number of aromatic nitrogens is 3. The highest BCUT2D eigenvalue weighted by Gasteiger charge is 2.13. The Morgan fingerprint density at radius 1 is 1.23 bits per heavy atom. The fraction of sp³-hybridized carbons (Fsp3) is 0.294. The molecule has 5 nitrogen and oxygen atoms in total. The number of nitrogens with one attached hydrogen (secondary N) is 1. The van der Waals surface area contributed by atoms with Crippen molar-refractivity contribution in [1.82, 2.24) is 20.1 Å². The number of ether oxygens (including phenoxy) is 1. The van der Waals surface area contributed by atoms with Crippen molar-refractivity contribution < 1.29 is 4.74 Å². The molecular formula is C17H20N4O. The molecular weight excluding hydrogens is 276 g/mol. The number of aryl methyl sites for hydroxylation is 1. The Kier molecular flexibility index (Phi) is 4.06. The van der Waals surface area contributed by atoms with E-state index in [9.17, 15) is 0 Å². The van der Waals surface area contributed by atoms with Crippen LogP contribution in [0.1, 0.15) is 24.4 Å². The molecule has 3 rings (SSSR count). The van der Waals surface area contributed by atoms with Crippen molar-refractivity contribution in [2.24, 2.45) is 7.05 Å². The van der Waals surface area contributed by atoms with E-state index in [4.69, 9.17) is 4.74 Å². The van der Waals surface area contributed by atoms with Crippen molar-refractivity contribution in [1.29, 1.82) is 0 Å². The van der Waals surface area contributed by atoms with E-state index in [0.29, 0.717) is 6.54 Å². The van der Waals surface area contributed by atoms with Gasteiger partial charge in [-0.1, -0.05) is 30.3 Å². The van der Waals surface area contributed by atoms with Crippen LogP contribution in [0.2, 0.25) is 0 Å². The fourth-order valence-corrected chi connectivity index (χ4v) is 2.73. The van der Waals surface area contributed by atoms with Crippen LogP contribution in [-0.2, 0) is 13.6 Å². The largest absolute Gasteiger partial charge is 0.496 e. The third-order valence-electron chi connectivity index (χ3n) is 3.94. The molecule has 2 aromatic carbocycles. The molecule has 114 valence electrons. The number of nitrogens with zero attached hydrogens (tertiary/aromatic N) is 3. The monoisotopic (exact) mass is 296 g/mol. The summed E-state index contributed by atoms with van der Waals surface area (Å²) in [7, 11) is 3.61. The van der Waals surface area contributed by atoms with Gasteiger partial charge in [-0.2, -0.15) is 5.10 Å². The number of hydrogen-bond acceptors (Lipinski definition) is 4. The molecule has 5 heteroatoms. The number of hydrogen-bond donors (Lipinski definition) is 1. The van der Waals surface area contributed by atoms with E-state index in [0.717, 1.165) is 17.1 Å². The van der Waals surface area contributed by atoms with E-state index in [2.05, 4.69) is 46.6 Å². The van der Waals surface area contributed by atoms with Gasteiger partial charge >= 0.3 is 0 Å². The Morgan fingerprint density at radius 2 is 2.05 bits per heavy atom. The van der Waals surface area contributed by atoms with Crippen LogP contribution in [0.5, 0.6) is 5.75 Å². The van der Waals surface area contributed by atoms with Crippen molar-refractivity contribution >= 4 is 10.8 Å². The average Bonchev–Trinajstić information content (AvgIpc) is 2.98. The Balaban J connectivity index is 1.88. The highest BCUT2D eigenvalue weighted by atomic mass is 16.5. The third-order valence-corrected chi connectivity index (χ3v) is 3.94. The van der Waals surface area contributed by atoms with Crippen LogP contribution in [0.15, 0.2) is 42.7 Å². The summed E-state index contributed by atoms with van der Waals surface area (Å²) < 4.78 is 7.32. The normalized spacial score (nSPS) is 12.5. The molecule has 0 aliphatic heterocycles. The van der Waals surface area contributed by atoms with Crippen LogP contribution in [0.3, 0.4) is 0 Å². The van der Waals surface area contributed by atoms with Gasteiger partial charge in [0.15, 0.2) is 0 Å². The van der Waals surface area contributed by atoms with Crippen molar-refractivity contribution in [2.45, 2.75) is 19.5 Å². The SMILES string of the molecule is COc1ccc2ccccc2c1CNC(C)c1ncnn1C. The molecule has 0 bridgehead atoms. The van der Waals surface area contributed by atoms with Gasteiger partial charge in [0, 0.05) is 19.2 Å².